The fourth-order valence-electron chi connectivity index (χ4n) is 5.07. The van der Waals surface area contributed by atoms with Crippen LogP contribution >= 0.6 is 11.3 Å². The maximum Gasteiger partial charge on any atom is 0.415 e. The second-order valence-corrected chi connectivity index (χ2v) is 11.9. The number of Topliss-reactive ketones (excluding diaryl/α,β-unsaturated/α-hetero) is 1. The summed E-state index contributed by atoms with van der Waals surface area (Å²) in [5, 5.41) is 15.0. The number of rotatable bonds is 10. The van der Waals surface area contributed by atoms with Crippen LogP contribution in [0.5, 0.6) is 11.8 Å². The second-order valence-electron chi connectivity index (χ2n) is 10.9. The number of halogens is 1. The zero-order valence-electron chi connectivity index (χ0n) is 25.0. The van der Waals surface area contributed by atoms with Crippen LogP contribution in [0, 0.1) is 5.82 Å². The van der Waals surface area contributed by atoms with Crippen molar-refractivity contribution in [3.63, 3.8) is 0 Å². The zero-order chi connectivity index (χ0) is 32.4. The number of imide groups is 1. The average molecular weight is 641 g/mol. The number of hydrogen-bond acceptors (Lipinski definition) is 9. The van der Waals surface area contributed by atoms with Gasteiger partial charge in [-0.2, -0.15) is 4.98 Å². The molecule has 3 amide bonds. The van der Waals surface area contributed by atoms with E-state index in [1.54, 1.807) is 72.1 Å². The van der Waals surface area contributed by atoms with Crippen molar-refractivity contribution in [2.24, 2.45) is 0 Å². The summed E-state index contributed by atoms with van der Waals surface area (Å²) in [6.45, 7) is -0.657. The molecule has 0 aliphatic heterocycles. The monoisotopic (exact) mass is 640 g/mol. The Bertz CT molecular complexity index is 1920. The van der Waals surface area contributed by atoms with Crippen molar-refractivity contribution in [3.05, 3.63) is 106 Å². The second kappa shape index (κ2) is 12.9. The van der Waals surface area contributed by atoms with Crippen LogP contribution in [-0.4, -0.2) is 63.5 Å². The summed E-state index contributed by atoms with van der Waals surface area (Å²) >= 11 is 1.46. The lowest BCUT2D eigenvalue weighted by Gasteiger charge is -2.26. The highest BCUT2D eigenvalue weighted by Gasteiger charge is 2.31. The number of ether oxygens (including phenoxy) is 1. The Hall–Kier alpha value is -5.36. The van der Waals surface area contributed by atoms with Gasteiger partial charge in [-0.15, -0.1) is 11.3 Å². The molecule has 12 heteroatoms. The fraction of sp³-hybridized carbons (Fsp3) is 0.206. The standard InChI is InChI=1S/C34H29FN4O6S/c1-38(17-23-10-9-22(15-28(23)35)26-5-3-4-6-27(26)31-36-33(42)45-37-31)34(43)39(18-29(40)20-11-13-25(44-2)14-12-20)32(41)24-16-30(46-19-24)21-7-8-21/h3-6,9-16,19,21H,7-8,17-18H2,1-2H3,(H,36,37,42). The minimum absolute atomic E-state index is 0.145. The predicted octanol–water partition coefficient (Wildman–Crippen LogP) is 6.77. The van der Waals surface area contributed by atoms with Crippen LogP contribution < -0.4 is 4.74 Å². The van der Waals surface area contributed by atoms with Crippen LogP contribution in [-0.2, 0) is 6.54 Å². The Kier molecular flexibility index (Phi) is 8.62. The summed E-state index contributed by atoms with van der Waals surface area (Å²) in [7, 11) is 2.97. The third-order valence-electron chi connectivity index (χ3n) is 7.72. The first-order chi connectivity index (χ1) is 22.2. The van der Waals surface area contributed by atoms with E-state index in [1.807, 2.05) is 0 Å². The van der Waals surface area contributed by atoms with Crippen molar-refractivity contribution in [2.75, 3.05) is 20.7 Å². The molecule has 0 bridgehead atoms. The normalized spacial score (nSPS) is 12.5. The number of carbonyl (C=O) groups excluding carboxylic acids is 3. The van der Waals surface area contributed by atoms with Crippen molar-refractivity contribution in [1.29, 1.82) is 0 Å². The molecule has 0 unspecified atom stereocenters. The first-order valence-electron chi connectivity index (χ1n) is 14.5. The maximum absolute atomic E-state index is 15.5. The molecule has 1 aliphatic rings. The first kappa shape index (κ1) is 30.7. The van der Waals surface area contributed by atoms with Gasteiger partial charge in [-0.05, 0) is 66.3 Å². The van der Waals surface area contributed by atoms with E-state index in [9.17, 15) is 19.5 Å². The minimum atomic E-state index is -0.739. The number of methoxy groups -OCH3 is 1. The van der Waals surface area contributed by atoms with Gasteiger partial charge in [-0.1, -0.05) is 41.6 Å². The van der Waals surface area contributed by atoms with E-state index in [0.717, 1.165) is 22.6 Å². The maximum atomic E-state index is 15.5. The van der Waals surface area contributed by atoms with Gasteiger partial charge in [0.15, 0.2) is 5.78 Å². The number of aromatic nitrogens is 2. The molecule has 2 heterocycles. The van der Waals surface area contributed by atoms with E-state index in [2.05, 4.69) is 14.7 Å². The van der Waals surface area contributed by atoms with E-state index >= 15 is 4.39 Å². The molecule has 10 nitrogen and oxygen atoms in total. The molecule has 2 aromatic heterocycles. The lowest BCUT2D eigenvalue weighted by atomic mass is 9.98. The Morgan fingerprint density at radius 3 is 2.41 bits per heavy atom. The molecule has 3 aromatic carbocycles. The zero-order valence-corrected chi connectivity index (χ0v) is 25.8. The van der Waals surface area contributed by atoms with Crippen LogP contribution in [0.15, 0.2) is 82.7 Å². The Labute approximate surface area is 267 Å². The van der Waals surface area contributed by atoms with Crippen molar-refractivity contribution >= 4 is 29.1 Å². The number of ketones is 1. The summed E-state index contributed by atoms with van der Waals surface area (Å²) in [5.41, 5.74) is 2.50. The molecule has 234 valence electrons. The summed E-state index contributed by atoms with van der Waals surface area (Å²) in [4.78, 5) is 47.8. The Balaban J connectivity index is 1.23. The number of thiophene rings is 1. The topological polar surface area (TPSA) is 126 Å². The number of carbonyl (C=O) groups is 3. The number of nitrogens with zero attached hydrogens (tertiary/aromatic N) is 4. The molecule has 6 rings (SSSR count). The SMILES string of the molecule is COc1ccc(C(=O)CN(C(=O)c2csc(C3CC3)c2)C(=O)N(C)Cc2ccc(-c3ccccc3-c3noc(O)n3)cc2F)cc1. The van der Waals surface area contributed by atoms with Gasteiger partial charge < -0.3 is 14.7 Å². The van der Waals surface area contributed by atoms with Crippen molar-refractivity contribution in [3.8, 4) is 34.3 Å². The number of amides is 3. The molecule has 1 N–H and O–H groups in total. The third-order valence-corrected chi connectivity index (χ3v) is 8.81. The van der Waals surface area contributed by atoms with Crippen molar-refractivity contribution < 1.29 is 33.1 Å². The van der Waals surface area contributed by atoms with Gasteiger partial charge in [0.1, 0.15) is 11.6 Å². The van der Waals surface area contributed by atoms with E-state index in [1.165, 1.54) is 36.5 Å². The molecule has 0 saturated heterocycles. The summed E-state index contributed by atoms with van der Waals surface area (Å²) in [6.07, 6.45) is 1.54. The molecule has 1 fully saturated rings. The van der Waals surface area contributed by atoms with Crippen LogP contribution in [0.3, 0.4) is 0 Å². The van der Waals surface area contributed by atoms with Crippen LogP contribution in [0.2, 0.25) is 0 Å². The predicted molar refractivity (Wildman–Crippen MR) is 168 cm³/mol. The lowest BCUT2D eigenvalue weighted by molar-refractivity contribution is 0.0719. The highest BCUT2D eigenvalue weighted by molar-refractivity contribution is 7.10. The quantitative estimate of drug-likeness (QED) is 0.166. The van der Waals surface area contributed by atoms with Crippen molar-refractivity contribution in [2.45, 2.75) is 25.3 Å². The smallest absolute Gasteiger partial charge is 0.415 e. The van der Waals surface area contributed by atoms with Crippen LogP contribution in [0.4, 0.5) is 9.18 Å². The molecule has 1 saturated carbocycles. The van der Waals surface area contributed by atoms with E-state index in [4.69, 9.17) is 4.74 Å². The van der Waals surface area contributed by atoms with Gasteiger partial charge in [-0.25, -0.2) is 9.18 Å². The van der Waals surface area contributed by atoms with Gasteiger partial charge in [0, 0.05) is 40.5 Å². The third kappa shape index (κ3) is 6.52. The Morgan fingerprint density at radius 2 is 1.76 bits per heavy atom. The number of hydrogen-bond donors (Lipinski definition) is 1. The Morgan fingerprint density at radius 1 is 1.02 bits per heavy atom. The number of aromatic hydroxyl groups is 1. The number of benzene rings is 3. The molecular formula is C34H29FN4O6S. The van der Waals surface area contributed by atoms with E-state index in [-0.39, 0.29) is 17.9 Å². The average Bonchev–Trinajstić information content (AvgIpc) is 3.64. The van der Waals surface area contributed by atoms with Gasteiger partial charge in [0.05, 0.1) is 19.2 Å². The molecule has 0 radical (unpaired) electrons. The highest BCUT2D eigenvalue weighted by Crippen LogP contribution is 2.43. The molecule has 0 spiro atoms. The van der Waals surface area contributed by atoms with Crippen molar-refractivity contribution in [1.82, 2.24) is 19.9 Å². The molecule has 1 aliphatic carbocycles. The highest BCUT2D eigenvalue weighted by atomic mass is 32.1. The van der Waals surface area contributed by atoms with Gasteiger partial charge in [-0.3, -0.25) is 19.0 Å². The molecule has 0 atom stereocenters. The largest absolute Gasteiger partial charge is 0.497 e. The van der Waals surface area contributed by atoms with Crippen LogP contribution in [0.25, 0.3) is 22.5 Å². The molecule has 46 heavy (non-hydrogen) atoms. The van der Waals surface area contributed by atoms with Crippen LogP contribution in [0.1, 0.15) is 49.9 Å². The van der Waals surface area contributed by atoms with Gasteiger partial charge >= 0.3 is 12.1 Å². The van der Waals surface area contributed by atoms with E-state index < -0.39 is 36.2 Å². The molecule has 5 aromatic rings. The number of urea groups is 1. The van der Waals surface area contributed by atoms with E-state index in [0.29, 0.717) is 39.5 Å². The van der Waals surface area contributed by atoms with Gasteiger partial charge in [0.2, 0.25) is 5.82 Å². The fourth-order valence-corrected chi connectivity index (χ4v) is 6.12. The summed E-state index contributed by atoms with van der Waals surface area (Å²) < 4.78 is 25.4. The minimum Gasteiger partial charge on any atom is -0.497 e. The summed E-state index contributed by atoms with van der Waals surface area (Å²) in [6, 6.07) is 19.0. The first-order valence-corrected chi connectivity index (χ1v) is 15.3. The molecular weight excluding hydrogens is 611 g/mol. The van der Waals surface area contributed by atoms with Gasteiger partial charge in [0.25, 0.3) is 5.91 Å². The summed E-state index contributed by atoms with van der Waals surface area (Å²) in [5.74, 6) is -0.469. The lowest BCUT2D eigenvalue weighted by Crippen LogP contribution is -2.46.